The molecule has 0 fully saturated rings. The molecule has 1 aromatic carbocycles. The predicted octanol–water partition coefficient (Wildman–Crippen LogP) is 1.54. The minimum Gasteiger partial charge on any atom is -0.493 e. The maximum Gasteiger partial charge on any atom is 0.209 e. The molecule has 0 heterocycles. The fourth-order valence-corrected chi connectivity index (χ4v) is 2.32. The van der Waals surface area contributed by atoms with Gasteiger partial charge in [0.1, 0.15) is 0 Å². The van der Waals surface area contributed by atoms with Crippen LogP contribution < -0.4 is 19.3 Å². The number of unbranched alkanes of at least 4 members (excludes halogenated alkanes) is 2. The molecule has 0 amide bonds. The van der Waals surface area contributed by atoms with Gasteiger partial charge in [-0.15, -0.1) is 0 Å². The van der Waals surface area contributed by atoms with Gasteiger partial charge in [-0.1, -0.05) is 6.07 Å². The third kappa shape index (κ3) is 5.66. The van der Waals surface area contributed by atoms with E-state index in [1.807, 2.05) is 6.07 Å². The molecule has 0 radical (unpaired) electrons. The van der Waals surface area contributed by atoms with Gasteiger partial charge in [0.15, 0.2) is 11.5 Å². The van der Waals surface area contributed by atoms with E-state index in [-0.39, 0.29) is 5.75 Å². The largest absolute Gasteiger partial charge is 0.493 e. The van der Waals surface area contributed by atoms with Crippen molar-refractivity contribution in [2.75, 3.05) is 26.6 Å². The third-order valence-corrected chi connectivity index (χ3v) is 3.56. The van der Waals surface area contributed by atoms with E-state index in [1.54, 1.807) is 26.4 Å². The van der Waals surface area contributed by atoms with Crippen LogP contribution in [0, 0.1) is 0 Å². The molecule has 6 nitrogen and oxygen atoms in total. The van der Waals surface area contributed by atoms with Gasteiger partial charge in [-0.2, -0.15) is 0 Å². The second kappa shape index (κ2) is 7.96. The molecule has 1 rings (SSSR count). The van der Waals surface area contributed by atoms with Gasteiger partial charge in [0, 0.05) is 0 Å². The molecule has 0 aliphatic rings. The van der Waals surface area contributed by atoms with E-state index in [4.69, 9.17) is 19.3 Å². The molecular formula is C13H21NO5S. The quantitative estimate of drug-likeness (QED) is 0.699. The van der Waals surface area contributed by atoms with Gasteiger partial charge in [-0.3, -0.25) is 0 Å². The van der Waals surface area contributed by atoms with Gasteiger partial charge in [-0.05, 0) is 31.4 Å². The number of primary sulfonamides is 1. The van der Waals surface area contributed by atoms with Crippen LogP contribution in [-0.2, 0) is 10.0 Å². The first-order valence-electron chi connectivity index (χ1n) is 6.32. The van der Waals surface area contributed by atoms with Crippen molar-refractivity contribution in [3.05, 3.63) is 18.2 Å². The van der Waals surface area contributed by atoms with Crippen molar-refractivity contribution in [3.8, 4) is 17.2 Å². The van der Waals surface area contributed by atoms with Crippen LogP contribution in [0.15, 0.2) is 18.2 Å². The number of sulfonamides is 1. The average Bonchev–Trinajstić information content (AvgIpc) is 2.41. The zero-order valence-corrected chi connectivity index (χ0v) is 12.6. The van der Waals surface area contributed by atoms with E-state index >= 15 is 0 Å². The van der Waals surface area contributed by atoms with E-state index in [0.29, 0.717) is 30.3 Å². The van der Waals surface area contributed by atoms with Crippen LogP contribution in [0.3, 0.4) is 0 Å². The first-order chi connectivity index (χ1) is 9.48. The summed E-state index contributed by atoms with van der Waals surface area (Å²) in [6, 6.07) is 5.40. The highest BCUT2D eigenvalue weighted by atomic mass is 32.2. The molecule has 2 N–H and O–H groups in total. The van der Waals surface area contributed by atoms with Gasteiger partial charge in [0.25, 0.3) is 0 Å². The molecule has 0 aliphatic heterocycles. The second-order valence-electron chi connectivity index (χ2n) is 4.27. The van der Waals surface area contributed by atoms with Crippen molar-refractivity contribution in [1.82, 2.24) is 0 Å². The summed E-state index contributed by atoms with van der Waals surface area (Å²) in [6.07, 6.45) is 2.00. The lowest BCUT2D eigenvalue weighted by Crippen LogP contribution is -2.16. The van der Waals surface area contributed by atoms with E-state index in [0.717, 1.165) is 12.8 Å². The molecule has 114 valence electrons. The Morgan fingerprint density at radius 2 is 1.65 bits per heavy atom. The zero-order valence-electron chi connectivity index (χ0n) is 11.8. The van der Waals surface area contributed by atoms with Crippen molar-refractivity contribution in [2.45, 2.75) is 19.3 Å². The molecule has 0 spiro atoms. The average molecular weight is 303 g/mol. The Labute approximate surface area is 119 Å². The van der Waals surface area contributed by atoms with E-state index < -0.39 is 10.0 Å². The standard InChI is InChI=1S/C13H21NO5S/c1-17-11-7-6-8-12(18-2)13(11)19-9-4-3-5-10-20(14,15)16/h6-8H,3-5,9-10H2,1-2H3,(H2,14,15,16). The Hall–Kier alpha value is -1.47. The Bertz CT molecular complexity index is 493. The van der Waals surface area contributed by atoms with Crippen LogP contribution in [0.5, 0.6) is 17.2 Å². The fourth-order valence-electron chi connectivity index (χ4n) is 1.72. The monoisotopic (exact) mass is 303 g/mol. The van der Waals surface area contributed by atoms with Crippen LogP contribution in [-0.4, -0.2) is 35.0 Å². The molecule has 0 bridgehead atoms. The molecule has 0 saturated heterocycles. The SMILES string of the molecule is COc1cccc(OC)c1OCCCCCS(N)(=O)=O. The van der Waals surface area contributed by atoms with Crippen molar-refractivity contribution >= 4 is 10.0 Å². The minimum absolute atomic E-state index is 0.00494. The topological polar surface area (TPSA) is 87.8 Å². The summed E-state index contributed by atoms with van der Waals surface area (Å²) < 4.78 is 37.6. The van der Waals surface area contributed by atoms with Gasteiger partial charge in [-0.25, -0.2) is 13.6 Å². The number of hydrogen-bond acceptors (Lipinski definition) is 5. The van der Waals surface area contributed by atoms with Crippen molar-refractivity contribution in [1.29, 1.82) is 0 Å². The van der Waals surface area contributed by atoms with Gasteiger partial charge in [0.2, 0.25) is 15.8 Å². The summed E-state index contributed by atoms with van der Waals surface area (Å²) in [6.45, 7) is 0.460. The molecule has 7 heteroatoms. The van der Waals surface area contributed by atoms with Crippen molar-refractivity contribution in [3.63, 3.8) is 0 Å². The van der Waals surface area contributed by atoms with Crippen LogP contribution in [0.4, 0.5) is 0 Å². The first-order valence-corrected chi connectivity index (χ1v) is 8.03. The van der Waals surface area contributed by atoms with E-state index in [9.17, 15) is 8.42 Å². The van der Waals surface area contributed by atoms with E-state index in [1.165, 1.54) is 0 Å². The molecule has 0 atom stereocenters. The number of ether oxygens (including phenoxy) is 3. The Morgan fingerprint density at radius 3 is 2.15 bits per heavy atom. The molecule has 20 heavy (non-hydrogen) atoms. The lowest BCUT2D eigenvalue weighted by molar-refractivity contribution is 0.268. The van der Waals surface area contributed by atoms with Crippen LogP contribution in [0.1, 0.15) is 19.3 Å². The van der Waals surface area contributed by atoms with Crippen molar-refractivity contribution in [2.24, 2.45) is 5.14 Å². The number of methoxy groups -OCH3 is 2. The Kier molecular flexibility index (Phi) is 6.60. The molecule has 1 aromatic rings. The van der Waals surface area contributed by atoms with Crippen LogP contribution >= 0.6 is 0 Å². The van der Waals surface area contributed by atoms with Gasteiger partial charge >= 0.3 is 0 Å². The summed E-state index contributed by atoms with van der Waals surface area (Å²) in [5.41, 5.74) is 0. The highest BCUT2D eigenvalue weighted by molar-refractivity contribution is 7.89. The highest BCUT2D eigenvalue weighted by Gasteiger charge is 2.10. The lowest BCUT2D eigenvalue weighted by atomic mass is 10.2. The second-order valence-corrected chi connectivity index (χ2v) is 6.00. The lowest BCUT2D eigenvalue weighted by Gasteiger charge is -2.13. The number of para-hydroxylation sites is 1. The highest BCUT2D eigenvalue weighted by Crippen LogP contribution is 2.36. The molecule has 0 aromatic heterocycles. The molecule has 0 aliphatic carbocycles. The summed E-state index contributed by atoms with van der Waals surface area (Å²) >= 11 is 0. The molecular weight excluding hydrogens is 282 g/mol. The molecule has 0 unspecified atom stereocenters. The Morgan fingerprint density at radius 1 is 1.05 bits per heavy atom. The number of nitrogens with two attached hydrogens (primary N) is 1. The summed E-state index contributed by atoms with van der Waals surface area (Å²) in [4.78, 5) is 0. The fraction of sp³-hybridized carbons (Fsp3) is 0.538. The smallest absolute Gasteiger partial charge is 0.209 e. The number of benzene rings is 1. The number of rotatable bonds is 9. The minimum atomic E-state index is -3.37. The van der Waals surface area contributed by atoms with Crippen molar-refractivity contribution < 1.29 is 22.6 Å². The van der Waals surface area contributed by atoms with Crippen LogP contribution in [0.2, 0.25) is 0 Å². The van der Waals surface area contributed by atoms with Gasteiger partial charge in [0.05, 0.1) is 26.6 Å². The zero-order chi connectivity index (χ0) is 15.0. The molecule has 0 saturated carbocycles. The summed E-state index contributed by atoms with van der Waals surface area (Å²) in [7, 11) is -0.239. The van der Waals surface area contributed by atoms with E-state index in [2.05, 4.69) is 0 Å². The van der Waals surface area contributed by atoms with Gasteiger partial charge < -0.3 is 14.2 Å². The Balaban J connectivity index is 2.42. The maximum atomic E-state index is 10.8. The normalized spacial score (nSPS) is 11.2. The predicted molar refractivity (Wildman–Crippen MR) is 76.9 cm³/mol. The maximum absolute atomic E-state index is 10.8. The summed E-state index contributed by atoms with van der Waals surface area (Å²) in [5, 5.41) is 4.92. The first kappa shape index (κ1) is 16.6. The van der Waals surface area contributed by atoms with Crippen LogP contribution in [0.25, 0.3) is 0 Å². The number of hydrogen-bond donors (Lipinski definition) is 1. The summed E-state index contributed by atoms with van der Waals surface area (Å²) in [5.74, 6) is 1.78. The third-order valence-electron chi connectivity index (χ3n) is 2.70.